The van der Waals surface area contributed by atoms with Gasteiger partial charge in [0, 0.05) is 37.1 Å². The Balaban J connectivity index is 1.25. The number of anilines is 3. The normalized spacial score (nSPS) is 11.5. The number of thiophene rings is 1. The van der Waals surface area contributed by atoms with E-state index in [0.717, 1.165) is 17.1 Å². The lowest BCUT2D eigenvalue weighted by molar-refractivity contribution is 1.29. The summed E-state index contributed by atoms with van der Waals surface area (Å²) in [4.78, 5) is 2.42. The summed E-state index contributed by atoms with van der Waals surface area (Å²) in [5.41, 5.74) is 8.24. The molecule has 1 aromatic heterocycles. The summed E-state index contributed by atoms with van der Waals surface area (Å²) in [7, 11) is 0. The maximum absolute atomic E-state index is 2.42. The van der Waals surface area contributed by atoms with E-state index >= 15 is 0 Å². The zero-order valence-electron chi connectivity index (χ0n) is 25.1. The van der Waals surface area contributed by atoms with Crippen LogP contribution in [0, 0.1) is 0 Å². The summed E-state index contributed by atoms with van der Waals surface area (Å²) in [6.45, 7) is 0. The molecular formula is C44H29NS. The SMILES string of the molecule is c1cc(-c2ccc3c(c2)sc2ccccc23)cc(N(c2ccc3ccccc3c2)c2ccccc2-c2cccc3ccccc23)c1. The standard InChI is InChI=1S/C44H29NS/c1-2-13-32-27-36(25-23-30(32)11-1)45(42-21-7-5-18-39(42)38-20-10-14-31-12-3-4-17-37(31)38)35-16-9-15-33(28-35)34-24-26-41-40-19-6-8-22-43(40)46-44(41)29-34/h1-29H. The minimum atomic E-state index is 1.12. The van der Waals surface area contributed by atoms with Crippen molar-refractivity contribution in [3.05, 3.63) is 176 Å². The predicted octanol–water partition coefficient (Wildman–Crippen LogP) is 13.2. The van der Waals surface area contributed by atoms with E-state index in [-0.39, 0.29) is 0 Å². The second kappa shape index (κ2) is 11.0. The quantitative estimate of drug-likeness (QED) is 0.189. The average Bonchev–Trinajstić information content (AvgIpc) is 3.50. The lowest BCUT2D eigenvalue weighted by atomic mass is 9.95. The van der Waals surface area contributed by atoms with Gasteiger partial charge in [-0.1, -0.05) is 133 Å². The molecule has 9 aromatic rings. The first-order valence-corrected chi connectivity index (χ1v) is 16.5. The van der Waals surface area contributed by atoms with Crippen molar-refractivity contribution in [2.75, 3.05) is 4.90 Å². The fourth-order valence-electron chi connectivity index (χ4n) is 6.83. The second-order valence-electron chi connectivity index (χ2n) is 11.8. The first kappa shape index (κ1) is 26.7. The molecule has 8 aromatic carbocycles. The molecule has 0 saturated carbocycles. The van der Waals surface area contributed by atoms with Gasteiger partial charge < -0.3 is 4.90 Å². The number of para-hydroxylation sites is 1. The van der Waals surface area contributed by atoms with Gasteiger partial charge in [0.2, 0.25) is 0 Å². The first-order chi connectivity index (χ1) is 22.8. The molecule has 9 rings (SSSR count). The highest BCUT2D eigenvalue weighted by molar-refractivity contribution is 7.25. The number of hydrogen-bond donors (Lipinski definition) is 0. The van der Waals surface area contributed by atoms with E-state index in [1.807, 2.05) is 11.3 Å². The summed E-state index contributed by atoms with van der Waals surface area (Å²) in [6.07, 6.45) is 0. The monoisotopic (exact) mass is 603 g/mol. The van der Waals surface area contributed by atoms with Crippen LogP contribution in [-0.2, 0) is 0 Å². The molecule has 0 aliphatic carbocycles. The van der Waals surface area contributed by atoms with Gasteiger partial charge in [0.1, 0.15) is 0 Å². The van der Waals surface area contributed by atoms with Crippen molar-refractivity contribution in [3.63, 3.8) is 0 Å². The van der Waals surface area contributed by atoms with Crippen LogP contribution in [0.1, 0.15) is 0 Å². The number of rotatable bonds is 5. The first-order valence-electron chi connectivity index (χ1n) is 15.7. The van der Waals surface area contributed by atoms with Crippen molar-refractivity contribution in [1.29, 1.82) is 0 Å². The topological polar surface area (TPSA) is 3.24 Å². The Morgan fingerprint density at radius 1 is 0.348 bits per heavy atom. The minimum absolute atomic E-state index is 1.12. The van der Waals surface area contributed by atoms with Crippen molar-refractivity contribution in [3.8, 4) is 22.3 Å². The Hall–Kier alpha value is -5.70. The molecule has 0 N–H and O–H groups in total. The number of benzene rings is 8. The highest BCUT2D eigenvalue weighted by atomic mass is 32.1. The van der Waals surface area contributed by atoms with Gasteiger partial charge in [-0.3, -0.25) is 0 Å². The van der Waals surface area contributed by atoms with Crippen molar-refractivity contribution in [2.45, 2.75) is 0 Å². The number of fused-ring (bicyclic) bond motifs is 5. The van der Waals surface area contributed by atoms with E-state index in [1.54, 1.807) is 0 Å². The zero-order valence-corrected chi connectivity index (χ0v) is 25.9. The van der Waals surface area contributed by atoms with Crippen LogP contribution in [0.5, 0.6) is 0 Å². The molecule has 0 radical (unpaired) electrons. The lowest BCUT2D eigenvalue weighted by Crippen LogP contribution is -2.11. The summed E-state index contributed by atoms with van der Waals surface area (Å²) in [5, 5.41) is 7.60. The fourth-order valence-corrected chi connectivity index (χ4v) is 7.98. The molecule has 0 aliphatic rings. The fraction of sp³-hybridized carbons (Fsp3) is 0. The second-order valence-corrected chi connectivity index (χ2v) is 12.9. The third-order valence-corrected chi connectivity index (χ3v) is 10.2. The van der Waals surface area contributed by atoms with Gasteiger partial charge in [0.15, 0.2) is 0 Å². The Bertz CT molecular complexity index is 2550. The van der Waals surface area contributed by atoms with E-state index < -0.39 is 0 Å². The van der Waals surface area contributed by atoms with Gasteiger partial charge in [0.25, 0.3) is 0 Å². The van der Waals surface area contributed by atoms with Crippen molar-refractivity contribution >= 4 is 70.1 Å². The summed E-state index contributed by atoms with van der Waals surface area (Å²) in [6, 6.07) is 64.1. The molecule has 0 saturated heterocycles. The number of nitrogens with zero attached hydrogens (tertiary/aromatic N) is 1. The van der Waals surface area contributed by atoms with E-state index in [4.69, 9.17) is 0 Å². The van der Waals surface area contributed by atoms with E-state index in [9.17, 15) is 0 Å². The summed E-state index contributed by atoms with van der Waals surface area (Å²) < 4.78 is 2.65. The van der Waals surface area contributed by atoms with E-state index in [1.165, 1.54) is 64.0 Å². The van der Waals surface area contributed by atoms with Gasteiger partial charge in [-0.25, -0.2) is 0 Å². The van der Waals surface area contributed by atoms with Gasteiger partial charge in [0.05, 0.1) is 5.69 Å². The molecule has 0 unspecified atom stereocenters. The smallest absolute Gasteiger partial charge is 0.0540 e. The molecule has 1 nitrogen and oxygen atoms in total. The Morgan fingerprint density at radius 3 is 1.93 bits per heavy atom. The van der Waals surface area contributed by atoms with Crippen LogP contribution in [0.3, 0.4) is 0 Å². The van der Waals surface area contributed by atoms with Crippen LogP contribution in [0.4, 0.5) is 17.1 Å². The van der Waals surface area contributed by atoms with Gasteiger partial charge >= 0.3 is 0 Å². The van der Waals surface area contributed by atoms with Crippen molar-refractivity contribution < 1.29 is 0 Å². The molecule has 0 aliphatic heterocycles. The summed E-state index contributed by atoms with van der Waals surface area (Å²) in [5.74, 6) is 0. The molecule has 216 valence electrons. The molecule has 0 bridgehead atoms. The van der Waals surface area contributed by atoms with E-state index in [0.29, 0.717) is 0 Å². The summed E-state index contributed by atoms with van der Waals surface area (Å²) >= 11 is 1.87. The number of hydrogen-bond acceptors (Lipinski definition) is 2. The largest absolute Gasteiger partial charge is 0.310 e. The van der Waals surface area contributed by atoms with Crippen LogP contribution in [-0.4, -0.2) is 0 Å². The molecule has 0 fully saturated rings. The van der Waals surface area contributed by atoms with Gasteiger partial charge in [-0.15, -0.1) is 11.3 Å². The van der Waals surface area contributed by atoms with Crippen molar-refractivity contribution in [1.82, 2.24) is 0 Å². The Kier molecular flexibility index (Phi) is 6.40. The van der Waals surface area contributed by atoms with Crippen molar-refractivity contribution in [2.24, 2.45) is 0 Å². The predicted molar refractivity (Wildman–Crippen MR) is 200 cm³/mol. The third kappa shape index (κ3) is 4.54. The molecule has 0 amide bonds. The maximum atomic E-state index is 2.42. The molecular weight excluding hydrogens is 575 g/mol. The minimum Gasteiger partial charge on any atom is -0.310 e. The Morgan fingerprint density at radius 2 is 1.00 bits per heavy atom. The van der Waals surface area contributed by atoms with Crippen LogP contribution in [0.2, 0.25) is 0 Å². The highest BCUT2D eigenvalue weighted by Crippen LogP contribution is 2.44. The molecule has 0 spiro atoms. The van der Waals surface area contributed by atoms with E-state index in [2.05, 4.69) is 181 Å². The van der Waals surface area contributed by atoms with Gasteiger partial charge in [-0.2, -0.15) is 0 Å². The van der Waals surface area contributed by atoms with Gasteiger partial charge in [-0.05, 0) is 80.7 Å². The van der Waals surface area contributed by atoms with Crippen LogP contribution >= 0.6 is 11.3 Å². The maximum Gasteiger partial charge on any atom is 0.0540 e. The molecule has 0 atom stereocenters. The molecule has 2 heteroatoms. The highest BCUT2D eigenvalue weighted by Gasteiger charge is 2.19. The molecule has 46 heavy (non-hydrogen) atoms. The zero-order chi connectivity index (χ0) is 30.5. The lowest BCUT2D eigenvalue weighted by Gasteiger charge is -2.29. The Labute approximate surface area is 272 Å². The van der Waals surface area contributed by atoms with Crippen LogP contribution in [0.15, 0.2) is 176 Å². The van der Waals surface area contributed by atoms with Crippen LogP contribution in [0.25, 0.3) is 64.0 Å². The molecule has 1 heterocycles. The average molecular weight is 604 g/mol. The third-order valence-electron chi connectivity index (χ3n) is 9.03. The van der Waals surface area contributed by atoms with Crippen LogP contribution < -0.4 is 4.90 Å².